The highest BCUT2D eigenvalue weighted by molar-refractivity contribution is 6.33. The Labute approximate surface area is 127 Å². The second kappa shape index (κ2) is 7.28. The monoisotopic (exact) mass is 295 g/mol. The van der Waals surface area contributed by atoms with Crippen molar-refractivity contribution in [3.8, 4) is 0 Å². The van der Waals surface area contributed by atoms with Crippen LogP contribution in [0.25, 0.3) is 0 Å². The smallest absolute Gasteiger partial charge is 0.147 e. The van der Waals surface area contributed by atoms with Crippen LogP contribution >= 0.6 is 11.6 Å². The van der Waals surface area contributed by atoms with Crippen LogP contribution in [-0.2, 0) is 6.54 Å². The Balaban J connectivity index is 2.05. The number of halogens is 1. The highest BCUT2D eigenvalue weighted by Gasteiger charge is 2.21. The second-order valence-corrected chi connectivity index (χ2v) is 6.45. The van der Waals surface area contributed by atoms with Gasteiger partial charge >= 0.3 is 0 Å². The van der Waals surface area contributed by atoms with Crippen LogP contribution in [0.15, 0.2) is 12.3 Å². The Morgan fingerprint density at radius 3 is 2.95 bits per heavy atom. The van der Waals surface area contributed by atoms with Crippen molar-refractivity contribution in [1.29, 1.82) is 0 Å². The van der Waals surface area contributed by atoms with Crippen molar-refractivity contribution < 1.29 is 0 Å². The maximum absolute atomic E-state index is 6.44. The van der Waals surface area contributed by atoms with Crippen LogP contribution < -0.4 is 10.2 Å². The molecule has 1 aromatic heterocycles. The van der Waals surface area contributed by atoms with Gasteiger partial charge in [-0.25, -0.2) is 4.98 Å². The molecule has 1 atom stereocenters. The fraction of sp³-hybridized carbons (Fsp3) is 0.688. The Morgan fingerprint density at radius 2 is 2.30 bits per heavy atom. The molecule has 112 valence electrons. The zero-order valence-corrected chi connectivity index (χ0v) is 13.6. The maximum atomic E-state index is 6.44. The van der Waals surface area contributed by atoms with Gasteiger partial charge in [0.25, 0.3) is 0 Å². The Bertz CT molecular complexity index is 434. The summed E-state index contributed by atoms with van der Waals surface area (Å²) in [5.41, 5.74) is 1.15. The van der Waals surface area contributed by atoms with E-state index < -0.39 is 0 Å². The fourth-order valence-electron chi connectivity index (χ4n) is 2.71. The molecule has 0 aromatic carbocycles. The van der Waals surface area contributed by atoms with Crippen LogP contribution in [-0.4, -0.2) is 24.1 Å². The lowest BCUT2D eigenvalue weighted by atomic mass is 9.96. The molecule has 1 unspecified atom stereocenters. The van der Waals surface area contributed by atoms with Gasteiger partial charge in [0.15, 0.2) is 0 Å². The number of nitrogens with zero attached hydrogens (tertiary/aromatic N) is 2. The molecule has 1 fully saturated rings. The van der Waals surface area contributed by atoms with Crippen LogP contribution in [0.1, 0.15) is 45.6 Å². The molecule has 1 aliphatic rings. The van der Waals surface area contributed by atoms with Crippen LogP contribution in [0.3, 0.4) is 0 Å². The quantitative estimate of drug-likeness (QED) is 0.894. The van der Waals surface area contributed by atoms with E-state index in [1.807, 2.05) is 6.20 Å². The molecule has 0 aliphatic carbocycles. The first-order valence-corrected chi connectivity index (χ1v) is 8.10. The number of pyridine rings is 1. The highest BCUT2D eigenvalue weighted by Crippen LogP contribution is 2.29. The molecule has 2 rings (SSSR count). The van der Waals surface area contributed by atoms with E-state index in [2.05, 4.69) is 42.0 Å². The van der Waals surface area contributed by atoms with Crippen molar-refractivity contribution >= 4 is 17.4 Å². The maximum Gasteiger partial charge on any atom is 0.147 e. The van der Waals surface area contributed by atoms with E-state index in [0.717, 1.165) is 42.0 Å². The molecule has 1 aromatic rings. The van der Waals surface area contributed by atoms with Gasteiger partial charge in [0.1, 0.15) is 5.82 Å². The van der Waals surface area contributed by atoms with Gasteiger partial charge < -0.3 is 10.2 Å². The Kier molecular flexibility index (Phi) is 5.67. The third kappa shape index (κ3) is 4.10. The Morgan fingerprint density at radius 1 is 1.50 bits per heavy atom. The third-order valence-electron chi connectivity index (χ3n) is 3.99. The molecule has 0 radical (unpaired) electrons. The molecule has 0 saturated carbocycles. The van der Waals surface area contributed by atoms with E-state index in [9.17, 15) is 0 Å². The van der Waals surface area contributed by atoms with Gasteiger partial charge in [-0.05, 0) is 30.4 Å². The lowest BCUT2D eigenvalue weighted by molar-refractivity contribution is 0.403. The van der Waals surface area contributed by atoms with E-state index in [-0.39, 0.29) is 0 Å². The lowest BCUT2D eigenvalue weighted by Gasteiger charge is -2.33. The van der Waals surface area contributed by atoms with Crippen LogP contribution in [0.5, 0.6) is 0 Å². The van der Waals surface area contributed by atoms with Crippen molar-refractivity contribution in [2.75, 3.05) is 18.0 Å². The summed E-state index contributed by atoms with van der Waals surface area (Å²) in [7, 11) is 0. The van der Waals surface area contributed by atoms with Gasteiger partial charge in [0, 0.05) is 31.9 Å². The zero-order valence-electron chi connectivity index (χ0n) is 12.8. The highest BCUT2D eigenvalue weighted by atomic mass is 35.5. The van der Waals surface area contributed by atoms with Crippen molar-refractivity contribution in [3.63, 3.8) is 0 Å². The topological polar surface area (TPSA) is 28.2 Å². The van der Waals surface area contributed by atoms with Crippen molar-refractivity contribution in [3.05, 3.63) is 22.8 Å². The minimum atomic E-state index is 0.473. The average Bonchev–Trinajstić information content (AvgIpc) is 2.45. The van der Waals surface area contributed by atoms with Gasteiger partial charge in [-0.1, -0.05) is 38.8 Å². The summed E-state index contributed by atoms with van der Waals surface area (Å²) in [5, 5.41) is 4.17. The summed E-state index contributed by atoms with van der Waals surface area (Å²) >= 11 is 6.44. The first-order chi connectivity index (χ1) is 9.60. The Hall–Kier alpha value is -0.800. The summed E-state index contributed by atoms with van der Waals surface area (Å²) in [6.07, 6.45) is 5.77. The number of piperidine rings is 1. The number of anilines is 1. The summed E-state index contributed by atoms with van der Waals surface area (Å²) in [4.78, 5) is 6.95. The van der Waals surface area contributed by atoms with Crippen LogP contribution in [0, 0.1) is 5.92 Å². The molecule has 0 spiro atoms. The van der Waals surface area contributed by atoms with Gasteiger partial charge in [-0.3, -0.25) is 0 Å². The number of rotatable bonds is 5. The predicted octanol–water partition coefficient (Wildman–Crippen LogP) is 3.86. The molecule has 0 bridgehead atoms. The minimum Gasteiger partial charge on any atom is -0.355 e. The molecule has 20 heavy (non-hydrogen) atoms. The van der Waals surface area contributed by atoms with Crippen molar-refractivity contribution in [1.82, 2.24) is 10.3 Å². The molecule has 2 heterocycles. The van der Waals surface area contributed by atoms with Crippen molar-refractivity contribution in [2.45, 2.75) is 52.6 Å². The van der Waals surface area contributed by atoms with Crippen LogP contribution in [0.2, 0.25) is 5.02 Å². The molecule has 1 saturated heterocycles. The second-order valence-electron chi connectivity index (χ2n) is 6.05. The number of nitrogens with one attached hydrogen (secondary N) is 1. The average molecular weight is 296 g/mol. The van der Waals surface area contributed by atoms with E-state index >= 15 is 0 Å². The largest absolute Gasteiger partial charge is 0.355 e. The molecule has 1 N–H and O–H groups in total. The van der Waals surface area contributed by atoms with E-state index in [1.54, 1.807) is 0 Å². The number of hydrogen-bond acceptors (Lipinski definition) is 3. The molecule has 4 heteroatoms. The van der Waals surface area contributed by atoms with Gasteiger partial charge in [0.05, 0.1) is 5.02 Å². The summed E-state index contributed by atoms with van der Waals surface area (Å²) in [6, 6.07) is 2.52. The van der Waals surface area contributed by atoms with Crippen LogP contribution in [0.4, 0.5) is 5.82 Å². The van der Waals surface area contributed by atoms with E-state index in [0.29, 0.717) is 6.04 Å². The summed E-state index contributed by atoms with van der Waals surface area (Å²) in [6.45, 7) is 9.54. The SMILES string of the molecule is CCC1CCCN(c2ncc(CNC(C)C)cc2Cl)C1. The molecule has 1 aliphatic heterocycles. The summed E-state index contributed by atoms with van der Waals surface area (Å²) in [5.74, 6) is 1.74. The molecule has 0 amide bonds. The van der Waals surface area contributed by atoms with Crippen molar-refractivity contribution in [2.24, 2.45) is 5.92 Å². The fourth-order valence-corrected chi connectivity index (χ4v) is 3.02. The molecular weight excluding hydrogens is 270 g/mol. The van der Waals surface area contributed by atoms with Gasteiger partial charge in [-0.15, -0.1) is 0 Å². The van der Waals surface area contributed by atoms with Gasteiger partial charge in [-0.2, -0.15) is 0 Å². The molecule has 3 nitrogen and oxygen atoms in total. The summed E-state index contributed by atoms with van der Waals surface area (Å²) < 4.78 is 0. The first-order valence-electron chi connectivity index (χ1n) is 7.73. The zero-order chi connectivity index (χ0) is 14.5. The lowest BCUT2D eigenvalue weighted by Crippen LogP contribution is -2.36. The third-order valence-corrected chi connectivity index (χ3v) is 4.27. The van der Waals surface area contributed by atoms with Gasteiger partial charge in [0.2, 0.25) is 0 Å². The molecular formula is C16H26ClN3. The number of hydrogen-bond donors (Lipinski definition) is 1. The first kappa shape index (κ1) is 15.6. The predicted molar refractivity (Wildman–Crippen MR) is 86.5 cm³/mol. The minimum absolute atomic E-state index is 0.473. The normalized spacial score (nSPS) is 19.6. The standard InChI is InChI=1S/C16H26ClN3/c1-4-13-6-5-7-20(11-13)16-15(17)8-14(10-19-16)9-18-12(2)3/h8,10,12-13,18H,4-7,9,11H2,1-3H3. The van der Waals surface area contributed by atoms with E-state index in [1.165, 1.54) is 19.3 Å². The number of aromatic nitrogens is 1. The van der Waals surface area contributed by atoms with E-state index in [4.69, 9.17) is 11.6 Å².